The van der Waals surface area contributed by atoms with Gasteiger partial charge in [0.1, 0.15) is 17.2 Å². The molecule has 0 amide bonds. The van der Waals surface area contributed by atoms with Crippen molar-refractivity contribution in [3.05, 3.63) is 66.4 Å². The second-order valence-electron chi connectivity index (χ2n) is 6.41. The van der Waals surface area contributed by atoms with E-state index in [4.69, 9.17) is 4.74 Å². The number of aliphatic hydroxyl groups is 1. The molecule has 7 nitrogen and oxygen atoms in total. The highest BCUT2D eigenvalue weighted by Gasteiger charge is 2.14. The van der Waals surface area contributed by atoms with Gasteiger partial charge in [0, 0.05) is 17.8 Å². The number of aromatic nitrogens is 3. The lowest BCUT2D eigenvalue weighted by atomic mass is 10.2. The van der Waals surface area contributed by atoms with Crippen molar-refractivity contribution in [1.29, 1.82) is 0 Å². The molecule has 0 aliphatic heterocycles. The summed E-state index contributed by atoms with van der Waals surface area (Å²) in [6.07, 6.45) is 1.69. The van der Waals surface area contributed by atoms with Crippen molar-refractivity contribution >= 4 is 20.9 Å². The number of rotatable bonds is 6. The molecule has 0 saturated heterocycles. The van der Waals surface area contributed by atoms with Crippen LogP contribution in [0.1, 0.15) is 12.5 Å². The largest absolute Gasteiger partial charge is 0.457 e. The molecule has 8 heteroatoms. The van der Waals surface area contributed by atoms with Crippen LogP contribution in [0, 0.1) is 0 Å². The number of fused-ring (bicyclic) bond motifs is 1. The van der Waals surface area contributed by atoms with Crippen LogP contribution in [0.15, 0.2) is 65.7 Å². The highest BCUT2D eigenvalue weighted by molar-refractivity contribution is 7.91. The first kappa shape index (κ1) is 19.1. The van der Waals surface area contributed by atoms with E-state index in [1.165, 1.54) is 12.1 Å². The maximum Gasteiger partial charge on any atom is 0.178 e. The molecule has 0 radical (unpaired) electrons. The van der Waals surface area contributed by atoms with Crippen LogP contribution in [-0.2, 0) is 16.4 Å². The Morgan fingerprint density at radius 2 is 1.86 bits per heavy atom. The predicted molar refractivity (Wildman–Crippen MR) is 109 cm³/mol. The van der Waals surface area contributed by atoms with Crippen LogP contribution in [-0.4, -0.2) is 34.2 Å². The standard InChI is InChI=1S/C21H19N3O4S/c1-2-29(26,27)17-8-6-15(7-9-17)28-16-11-14(13-25)20-19(12-16)23-21(24-20)18-5-3-4-10-22-18/h3-12,25H,2,13H2,1H3,(H,23,24). The van der Waals surface area contributed by atoms with Gasteiger partial charge in [-0.05, 0) is 42.5 Å². The van der Waals surface area contributed by atoms with Gasteiger partial charge in [-0.3, -0.25) is 4.98 Å². The molecule has 4 aromatic rings. The Morgan fingerprint density at radius 1 is 1.07 bits per heavy atom. The number of nitrogens with zero attached hydrogens (tertiary/aromatic N) is 2. The van der Waals surface area contributed by atoms with Crippen LogP contribution in [0.2, 0.25) is 0 Å². The molecule has 0 unspecified atom stereocenters. The van der Waals surface area contributed by atoms with Gasteiger partial charge in [-0.15, -0.1) is 0 Å². The van der Waals surface area contributed by atoms with Crippen molar-refractivity contribution in [2.45, 2.75) is 18.4 Å². The Morgan fingerprint density at radius 3 is 2.52 bits per heavy atom. The average molecular weight is 409 g/mol. The van der Waals surface area contributed by atoms with Crippen molar-refractivity contribution in [3.8, 4) is 23.0 Å². The smallest absolute Gasteiger partial charge is 0.178 e. The molecule has 2 aromatic heterocycles. The summed E-state index contributed by atoms with van der Waals surface area (Å²) in [6, 6.07) is 15.3. The third-order valence-corrected chi connectivity index (χ3v) is 6.27. The SMILES string of the molecule is CCS(=O)(=O)c1ccc(Oc2cc(CO)c3nc(-c4ccccn4)[nH]c3c2)cc1. The van der Waals surface area contributed by atoms with E-state index in [2.05, 4.69) is 15.0 Å². The van der Waals surface area contributed by atoms with Gasteiger partial charge < -0.3 is 14.8 Å². The molecule has 0 aliphatic carbocycles. The molecule has 2 heterocycles. The lowest BCUT2D eigenvalue weighted by Gasteiger charge is -2.08. The normalized spacial score (nSPS) is 11.7. The average Bonchev–Trinajstić information content (AvgIpc) is 3.18. The van der Waals surface area contributed by atoms with E-state index in [1.54, 1.807) is 37.4 Å². The van der Waals surface area contributed by atoms with E-state index in [1.807, 2.05) is 18.2 Å². The zero-order chi connectivity index (χ0) is 20.4. The van der Waals surface area contributed by atoms with Gasteiger partial charge in [-0.2, -0.15) is 0 Å². The van der Waals surface area contributed by atoms with Crippen molar-refractivity contribution in [2.24, 2.45) is 0 Å². The number of hydrogen-bond acceptors (Lipinski definition) is 6. The minimum Gasteiger partial charge on any atom is -0.457 e. The van der Waals surface area contributed by atoms with Gasteiger partial charge in [0.25, 0.3) is 0 Å². The number of nitrogens with one attached hydrogen (secondary N) is 1. The number of ether oxygens (including phenoxy) is 1. The lowest BCUT2D eigenvalue weighted by Crippen LogP contribution is -2.03. The summed E-state index contributed by atoms with van der Waals surface area (Å²) in [7, 11) is -3.26. The number of sulfone groups is 1. The highest BCUT2D eigenvalue weighted by atomic mass is 32.2. The fourth-order valence-electron chi connectivity index (χ4n) is 2.98. The van der Waals surface area contributed by atoms with Gasteiger partial charge in [0.05, 0.1) is 28.3 Å². The number of aromatic amines is 1. The first-order valence-corrected chi connectivity index (χ1v) is 10.7. The number of benzene rings is 2. The predicted octanol–water partition coefficient (Wildman–Crippen LogP) is 3.70. The first-order valence-electron chi connectivity index (χ1n) is 9.06. The van der Waals surface area contributed by atoms with E-state index in [0.29, 0.717) is 39.6 Å². The Labute approximate surface area is 168 Å². The second kappa shape index (κ2) is 7.65. The van der Waals surface area contributed by atoms with Gasteiger partial charge >= 0.3 is 0 Å². The molecule has 4 rings (SSSR count). The Kier molecular flexibility index (Phi) is 5.04. The number of pyridine rings is 1. The molecule has 0 aliphatic rings. The quantitative estimate of drug-likeness (QED) is 0.503. The third kappa shape index (κ3) is 3.85. The van der Waals surface area contributed by atoms with Crippen molar-refractivity contribution in [3.63, 3.8) is 0 Å². The molecule has 0 fully saturated rings. The summed E-state index contributed by atoms with van der Waals surface area (Å²) in [6.45, 7) is 1.41. The van der Waals surface area contributed by atoms with Gasteiger partial charge in [0.2, 0.25) is 0 Å². The third-order valence-electron chi connectivity index (χ3n) is 4.52. The molecule has 2 N–H and O–H groups in total. The number of hydrogen-bond donors (Lipinski definition) is 2. The molecule has 2 aromatic carbocycles. The zero-order valence-electron chi connectivity index (χ0n) is 15.7. The van der Waals surface area contributed by atoms with Crippen LogP contribution in [0.25, 0.3) is 22.6 Å². The lowest BCUT2D eigenvalue weighted by molar-refractivity contribution is 0.282. The van der Waals surface area contributed by atoms with Crippen molar-refractivity contribution in [2.75, 3.05) is 5.75 Å². The number of aliphatic hydroxyl groups excluding tert-OH is 1. The summed E-state index contributed by atoms with van der Waals surface area (Å²) in [5.74, 6) is 1.64. The second-order valence-corrected chi connectivity index (χ2v) is 8.69. The molecule has 0 bridgehead atoms. The molecule has 0 spiro atoms. The molecular formula is C21H19N3O4S. The Balaban J connectivity index is 1.67. The summed E-state index contributed by atoms with van der Waals surface area (Å²) < 4.78 is 29.7. The maximum atomic E-state index is 11.9. The molecule has 0 saturated carbocycles. The van der Waals surface area contributed by atoms with E-state index in [9.17, 15) is 13.5 Å². The number of imidazole rings is 1. The van der Waals surface area contributed by atoms with Gasteiger partial charge in [-0.25, -0.2) is 13.4 Å². The topological polar surface area (TPSA) is 105 Å². The molecule has 29 heavy (non-hydrogen) atoms. The van der Waals surface area contributed by atoms with E-state index in [-0.39, 0.29) is 17.3 Å². The van der Waals surface area contributed by atoms with Gasteiger partial charge in [0.15, 0.2) is 15.7 Å². The summed E-state index contributed by atoms with van der Waals surface area (Å²) in [5, 5.41) is 9.77. The summed E-state index contributed by atoms with van der Waals surface area (Å²) in [4.78, 5) is 12.3. The minimum atomic E-state index is -3.26. The Bertz CT molecular complexity index is 1250. The molecular weight excluding hydrogens is 390 g/mol. The monoisotopic (exact) mass is 409 g/mol. The summed E-state index contributed by atoms with van der Waals surface area (Å²) in [5.41, 5.74) is 2.66. The fourth-order valence-corrected chi connectivity index (χ4v) is 3.87. The van der Waals surface area contributed by atoms with E-state index < -0.39 is 9.84 Å². The van der Waals surface area contributed by atoms with Crippen LogP contribution in [0.5, 0.6) is 11.5 Å². The van der Waals surface area contributed by atoms with Crippen LogP contribution >= 0.6 is 0 Å². The van der Waals surface area contributed by atoms with Crippen LogP contribution in [0.3, 0.4) is 0 Å². The van der Waals surface area contributed by atoms with Crippen LogP contribution in [0.4, 0.5) is 0 Å². The number of H-pyrrole nitrogens is 1. The van der Waals surface area contributed by atoms with Gasteiger partial charge in [-0.1, -0.05) is 13.0 Å². The zero-order valence-corrected chi connectivity index (χ0v) is 16.5. The minimum absolute atomic E-state index is 0.0438. The molecule has 148 valence electrons. The van der Waals surface area contributed by atoms with E-state index >= 15 is 0 Å². The van der Waals surface area contributed by atoms with Crippen molar-refractivity contribution in [1.82, 2.24) is 15.0 Å². The highest BCUT2D eigenvalue weighted by Crippen LogP contribution is 2.30. The van der Waals surface area contributed by atoms with Crippen LogP contribution < -0.4 is 4.74 Å². The van der Waals surface area contributed by atoms with Crippen molar-refractivity contribution < 1.29 is 18.3 Å². The fraction of sp³-hybridized carbons (Fsp3) is 0.143. The summed E-state index contributed by atoms with van der Waals surface area (Å²) >= 11 is 0. The molecule has 0 atom stereocenters. The first-order chi connectivity index (χ1) is 14.0. The van der Waals surface area contributed by atoms with E-state index in [0.717, 1.165) is 0 Å². The Hall–Kier alpha value is -3.23. The maximum absolute atomic E-state index is 11.9.